The molecule has 0 saturated heterocycles. The highest BCUT2D eigenvalue weighted by atomic mass is 15.2. The molecule has 1 aliphatic carbocycles. The predicted molar refractivity (Wildman–Crippen MR) is 85.6 cm³/mol. The molecule has 1 rings (SSSR count). The number of nitrogens with one attached hydrogen (secondary N) is 1. The zero-order chi connectivity index (χ0) is 14.5. The third kappa shape index (κ3) is 3.72. The largest absolute Gasteiger partial charge is 0.315 e. The van der Waals surface area contributed by atoms with Crippen molar-refractivity contribution >= 4 is 0 Å². The summed E-state index contributed by atoms with van der Waals surface area (Å²) < 4.78 is 0. The molecule has 0 aromatic rings. The van der Waals surface area contributed by atoms with Crippen molar-refractivity contribution in [3.63, 3.8) is 0 Å². The van der Waals surface area contributed by atoms with E-state index in [0.29, 0.717) is 11.6 Å². The molecule has 0 radical (unpaired) electrons. The second-order valence-corrected chi connectivity index (χ2v) is 6.67. The molecule has 0 bridgehead atoms. The minimum Gasteiger partial charge on any atom is -0.315 e. The van der Waals surface area contributed by atoms with Crippen LogP contribution in [-0.4, -0.2) is 36.6 Å². The first-order valence-electron chi connectivity index (χ1n) is 8.45. The van der Waals surface area contributed by atoms with Crippen molar-refractivity contribution in [3.05, 3.63) is 0 Å². The molecule has 0 aromatic heterocycles. The fourth-order valence-electron chi connectivity index (χ4n) is 4.26. The van der Waals surface area contributed by atoms with E-state index in [2.05, 4.69) is 51.9 Å². The predicted octanol–water partition coefficient (Wildman–Crippen LogP) is 3.91. The van der Waals surface area contributed by atoms with Gasteiger partial charge in [0.15, 0.2) is 0 Å². The lowest BCUT2D eigenvalue weighted by molar-refractivity contribution is 0.0364. The minimum atomic E-state index is 0.295. The Hall–Kier alpha value is -0.0800. The van der Waals surface area contributed by atoms with Gasteiger partial charge in [0.2, 0.25) is 0 Å². The summed E-state index contributed by atoms with van der Waals surface area (Å²) in [5.41, 5.74) is 0.295. The van der Waals surface area contributed by atoms with Crippen LogP contribution in [0.3, 0.4) is 0 Å². The van der Waals surface area contributed by atoms with Crippen molar-refractivity contribution < 1.29 is 0 Å². The maximum atomic E-state index is 3.69. The average Bonchev–Trinajstić information content (AvgIpc) is 2.43. The van der Waals surface area contributed by atoms with E-state index in [-0.39, 0.29) is 0 Å². The van der Waals surface area contributed by atoms with Crippen LogP contribution in [-0.2, 0) is 0 Å². The van der Waals surface area contributed by atoms with Gasteiger partial charge in [-0.2, -0.15) is 0 Å². The Morgan fingerprint density at radius 1 is 1.11 bits per heavy atom. The molecule has 2 atom stereocenters. The van der Waals surface area contributed by atoms with Crippen molar-refractivity contribution in [2.45, 2.75) is 78.3 Å². The summed E-state index contributed by atoms with van der Waals surface area (Å²) in [6.07, 6.45) is 6.88. The summed E-state index contributed by atoms with van der Waals surface area (Å²) in [5.74, 6) is 1.79. The van der Waals surface area contributed by atoms with Gasteiger partial charge in [-0.3, -0.25) is 4.90 Å². The lowest BCUT2D eigenvalue weighted by atomic mass is 9.71. The molecule has 0 heterocycles. The monoisotopic (exact) mass is 268 g/mol. The fourth-order valence-corrected chi connectivity index (χ4v) is 4.26. The van der Waals surface area contributed by atoms with Crippen molar-refractivity contribution in [2.75, 3.05) is 20.1 Å². The van der Waals surface area contributed by atoms with Gasteiger partial charge in [-0.1, -0.05) is 40.5 Å². The van der Waals surface area contributed by atoms with Crippen molar-refractivity contribution in [3.8, 4) is 0 Å². The van der Waals surface area contributed by atoms with Crippen LogP contribution < -0.4 is 5.32 Å². The van der Waals surface area contributed by atoms with Gasteiger partial charge in [0.1, 0.15) is 0 Å². The second-order valence-electron chi connectivity index (χ2n) is 6.67. The molecule has 2 heteroatoms. The highest BCUT2D eigenvalue weighted by molar-refractivity contribution is 4.99. The SMILES string of the molecule is CCN(CC)C(C)(CC)C(NC)C1CCC(C)CC1. The molecular formula is C17H36N2. The smallest absolute Gasteiger partial charge is 0.0334 e. The molecule has 1 N–H and O–H groups in total. The summed E-state index contributed by atoms with van der Waals surface area (Å²) in [7, 11) is 2.17. The van der Waals surface area contributed by atoms with E-state index in [9.17, 15) is 0 Å². The molecule has 0 spiro atoms. The molecule has 2 unspecified atom stereocenters. The molecule has 19 heavy (non-hydrogen) atoms. The molecule has 1 saturated carbocycles. The van der Waals surface area contributed by atoms with Crippen LogP contribution in [0.15, 0.2) is 0 Å². The number of nitrogens with zero attached hydrogens (tertiary/aromatic N) is 1. The fraction of sp³-hybridized carbons (Fsp3) is 1.00. The molecule has 0 aromatic carbocycles. The first-order valence-corrected chi connectivity index (χ1v) is 8.45. The Morgan fingerprint density at radius 3 is 2.00 bits per heavy atom. The van der Waals surface area contributed by atoms with Crippen molar-refractivity contribution in [1.29, 1.82) is 0 Å². The van der Waals surface area contributed by atoms with Gasteiger partial charge in [0.25, 0.3) is 0 Å². The van der Waals surface area contributed by atoms with Crippen LogP contribution in [0.2, 0.25) is 0 Å². The van der Waals surface area contributed by atoms with Crippen LogP contribution >= 0.6 is 0 Å². The van der Waals surface area contributed by atoms with Crippen molar-refractivity contribution in [2.24, 2.45) is 11.8 Å². The van der Waals surface area contributed by atoms with Crippen LogP contribution in [0.1, 0.15) is 66.7 Å². The van der Waals surface area contributed by atoms with E-state index >= 15 is 0 Å². The zero-order valence-electron chi connectivity index (χ0n) is 14.1. The lowest BCUT2D eigenvalue weighted by Crippen LogP contribution is -2.61. The Bertz CT molecular complexity index is 242. The number of likely N-dealkylation sites (N-methyl/N-ethyl adjacent to an activating group) is 2. The molecule has 114 valence electrons. The van der Waals surface area contributed by atoms with Gasteiger partial charge in [-0.15, -0.1) is 0 Å². The van der Waals surface area contributed by atoms with E-state index in [4.69, 9.17) is 0 Å². The van der Waals surface area contributed by atoms with Crippen LogP contribution in [0.5, 0.6) is 0 Å². The Labute approximate surface area is 121 Å². The number of hydrogen-bond acceptors (Lipinski definition) is 2. The molecule has 1 aliphatic rings. The summed E-state index contributed by atoms with van der Waals surface area (Å²) in [6.45, 7) is 14.1. The normalized spacial score (nSPS) is 29.2. The van der Waals surface area contributed by atoms with Crippen LogP contribution in [0, 0.1) is 11.8 Å². The van der Waals surface area contributed by atoms with Gasteiger partial charge < -0.3 is 5.32 Å². The van der Waals surface area contributed by atoms with E-state index < -0.39 is 0 Å². The van der Waals surface area contributed by atoms with Crippen molar-refractivity contribution in [1.82, 2.24) is 10.2 Å². The van der Waals surface area contributed by atoms with Crippen LogP contribution in [0.25, 0.3) is 0 Å². The van der Waals surface area contributed by atoms with Gasteiger partial charge in [-0.25, -0.2) is 0 Å². The molecule has 0 amide bonds. The van der Waals surface area contributed by atoms with Gasteiger partial charge >= 0.3 is 0 Å². The average molecular weight is 268 g/mol. The van der Waals surface area contributed by atoms with Crippen LogP contribution in [0.4, 0.5) is 0 Å². The number of rotatable bonds is 7. The maximum absolute atomic E-state index is 3.69. The standard InChI is InChI=1S/C17H36N2/c1-7-17(5,19(8-2)9-3)16(18-6)15-12-10-14(4)11-13-15/h14-16,18H,7-13H2,1-6H3. The topological polar surface area (TPSA) is 15.3 Å². The van der Waals surface area contributed by atoms with E-state index in [0.717, 1.165) is 24.9 Å². The van der Waals surface area contributed by atoms with E-state index in [1.807, 2.05) is 0 Å². The first-order chi connectivity index (χ1) is 9.03. The van der Waals surface area contributed by atoms with E-state index in [1.165, 1.54) is 32.1 Å². The molecular weight excluding hydrogens is 232 g/mol. The quantitative estimate of drug-likeness (QED) is 0.753. The maximum Gasteiger partial charge on any atom is 0.0334 e. The second kappa shape index (κ2) is 7.64. The van der Waals surface area contributed by atoms with Gasteiger partial charge in [-0.05, 0) is 58.2 Å². The lowest BCUT2D eigenvalue weighted by Gasteiger charge is -2.49. The molecule has 2 nitrogen and oxygen atoms in total. The van der Waals surface area contributed by atoms with E-state index in [1.54, 1.807) is 0 Å². The summed E-state index contributed by atoms with van der Waals surface area (Å²) in [6, 6.07) is 0.630. The third-order valence-electron chi connectivity index (χ3n) is 5.71. The number of hydrogen-bond donors (Lipinski definition) is 1. The third-order valence-corrected chi connectivity index (χ3v) is 5.71. The summed E-state index contributed by atoms with van der Waals surface area (Å²) in [5, 5.41) is 3.69. The Kier molecular flexibility index (Phi) is 6.82. The Balaban J connectivity index is 2.85. The molecule has 1 fully saturated rings. The van der Waals surface area contributed by atoms with Gasteiger partial charge in [0, 0.05) is 11.6 Å². The zero-order valence-corrected chi connectivity index (χ0v) is 14.1. The van der Waals surface area contributed by atoms with Gasteiger partial charge in [0.05, 0.1) is 0 Å². The highest BCUT2D eigenvalue weighted by Gasteiger charge is 2.41. The summed E-state index contributed by atoms with van der Waals surface area (Å²) in [4.78, 5) is 2.66. The highest BCUT2D eigenvalue weighted by Crippen LogP contribution is 2.37. The molecule has 0 aliphatic heterocycles. The first kappa shape index (κ1) is 17.0. The Morgan fingerprint density at radius 2 is 1.63 bits per heavy atom. The minimum absolute atomic E-state index is 0.295. The summed E-state index contributed by atoms with van der Waals surface area (Å²) >= 11 is 0.